The molecule has 0 saturated heterocycles. The van der Waals surface area contributed by atoms with Crippen molar-refractivity contribution in [3.63, 3.8) is 0 Å². The Morgan fingerprint density at radius 3 is 2.95 bits per heavy atom. The number of benzene rings is 1. The minimum absolute atomic E-state index is 0.159. The van der Waals surface area contributed by atoms with E-state index in [4.69, 9.17) is 9.84 Å². The summed E-state index contributed by atoms with van der Waals surface area (Å²) in [5.41, 5.74) is 1.04. The van der Waals surface area contributed by atoms with E-state index in [1.807, 2.05) is 0 Å². The molecule has 1 unspecified atom stereocenters. The summed E-state index contributed by atoms with van der Waals surface area (Å²) in [6.07, 6.45) is 0.896. The third-order valence-electron chi connectivity index (χ3n) is 2.99. The van der Waals surface area contributed by atoms with Crippen LogP contribution < -0.4 is 9.64 Å². The number of hydrogen-bond donors (Lipinski definition) is 1. The van der Waals surface area contributed by atoms with Gasteiger partial charge in [0, 0.05) is 12.0 Å². The Morgan fingerprint density at radius 1 is 1.58 bits per heavy atom. The van der Waals surface area contributed by atoms with E-state index in [2.05, 4.69) is 0 Å². The van der Waals surface area contributed by atoms with E-state index in [-0.39, 0.29) is 13.0 Å². The summed E-state index contributed by atoms with van der Waals surface area (Å²) < 4.78 is 5.34. The van der Waals surface area contributed by atoms with E-state index in [9.17, 15) is 14.4 Å². The summed E-state index contributed by atoms with van der Waals surface area (Å²) in [4.78, 5) is 34.7. The Balaban J connectivity index is 2.50. The van der Waals surface area contributed by atoms with Gasteiger partial charge in [-0.15, -0.1) is 0 Å². The van der Waals surface area contributed by atoms with Crippen LogP contribution in [0.3, 0.4) is 0 Å². The van der Waals surface area contributed by atoms with Gasteiger partial charge in [-0.1, -0.05) is 12.1 Å². The van der Waals surface area contributed by atoms with Crippen molar-refractivity contribution in [2.75, 3.05) is 11.5 Å². The van der Waals surface area contributed by atoms with Crippen molar-refractivity contribution in [1.82, 2.24) is 0 Å². The quantitative estimate of drug-likeness (QED) is 0.805. The predicted molar refractivity (Wildman–Crippen MR) is 66.3 cm³/mol. The molecule has 100 valence electrons. The number of anilines is 1. The number of rotatable bonds is 4. The van der Waals surface area contributed by atoms with Crippen LogP contribution in [0.15, 0.2) is 18.2 Å². The molecule has 6 nitrogen and oxygen atoms in total. The second kappa shape index (κ2) is 5.09. The van der Waals surface area contributed by atoms with Crippen LogP contribution in [0.1, 0.15) is 12.5 Å². The van der Waals surface area contributed by atoms with E-state index < -0.39 is 17.9 Å². The normalized spacial score (nSPS) is 15.4. The maximum Gasteiger partial charge on any atom is 0.326 e. The highest BCUT2D eigenvalue weighted by Crippen LogP contribution is 2.36. The van der Waals surface area contributed by atoms with Gasteiger partial charge in [0.15, 0.2) is 6.61 Å². The van der Waals surface area contributed by atoms with Gasteiger partial charge in [0.25, 0.3) is 5.91 Å². The first-order valence-electron chi connectivity index (χ1n) is 5.79. The lowest BCUT2D eigenvalue weighted by molar-refractivity contribution is -0.140. The number of hydrogen-bond acceptors (Lipinski definition) is 4. The fourth-order valence-corrected chi connectivity index (χ4v) is 2.05. The van der Waals surface area contributed by atoms with Crippen molar-refractivity contribution in [3.8, 4) is 5.75 Å². The maximum atomic E-state index is 11.8. The summed E-state index contributed by atoms with van der Waals surface area (Å²) in [6.45, 7) is 1.21. The monoisotopic (exact) mass is 263 g/mol. The SMILES string of the molecule is CC(C(=O)O)N1C(=O)COc2c(CC=O)cccc21. The molecule has 2 rings (SSSR count). The molecule has 1 aromatic rings. The van der Waals surface area contributed by atoms with Gasteiger partial charge in [-0.3, -0.25) is 9.69 Å². The highest BCUT2D eigenvalue weighted by Gasteiger charge is 2.33. The highest BCUT2D eigenvalue weighted by atomic mass is 16.5. The summed E-state index contributed by atoms with van der Waals surface area (Å²) in [6, 6.07) is 4.01. The number of nitrogens with zero attached hydrogens (tertiary/aromatic N) is 1. The molecule has 0 saturated carbocycles. The van der Waals surface area contributed by atoms with Crippen molar-refractivity contribution < 1.29 is 24.2 Å². The van der Waals surface area contributed by atoms with Crippen molar-refractivity contribution >= 4 is 23.9 Å². The van der Waals surface area contributed by atoms with Crippen LogP contribution in [0, 0.1) is 0 Å². The van der Waals surface area contributed by atoms with E-state index >= 15 is 0 Å². The van der Waals surface area contributed by atoms with Gasteiger partial charge in [-0.25, -0.2) is 4.79 Å². The molecule has 0 bridgehead atoms. The molecule has 1 atom stereocenters. The second-order valence-electron chi connectivity index (χ2n) is 4.20. The van der Waals surface area contributed by atoms with Gasteiger partial charge in [-0.05, 0) is 13.0 Å². The van der Waals surface area contributed by atoms with Crippen LogP contribution in [0.5, 0.6) is 5.75 Å². The molecule has 1 aliphatic heterocycles. The van der Waals surface area contributed by atoms with E-state index in [1.165, 1.54) is 11.8 Å². The first-order chi connectivity index (χ1) is 9.06. The number of ether oxygens (including phenoxy) is 1. The number of aldehydes is 1. The third kappa shape index (κ3) is 2.29. The van der Waals surface area contributed by atoms with E-state index in [1.54, 1.807) is 18.2 Å². The van der Waals surface area contributed by atoms with Crippen molar-refractivity contribution in [2.24, 2.45) is 0 Å². The van der Waals surface area contributed by atoms with Crippen LogP contribution in [0.4, 0.5) is 5.69 Å². The van der Waals surface area contributed by atoms with Crippen LogP contribution >= 0.6 is 0 Å². The van der Waals surface area contributed by atoms with Crippen molar-refractivity contribution in [3.05, 3.63) is 23.8 Å². The summed E-state index contributed by atoms with van der Waals surface area (Å²) >= 11 is 0. The number of para-hydroxylation sites is 1. The number of carbonyl (C=O) groups excluding carboxylic acids is 2. The van der Waals surface area contributed by atoms with Crippen LogP contribution in [-0.4, -0.2) is 35.9 Å². The molecule has 1 aromatic carbocycles. The van der Waals surface area contributed by atoms with Gasteiger partial charge in [0.2, 0.25) is 0 Å². The van der Waals surface area contributed by atoms with Crippen LogP contribution in [0.25, 0.3) is 0 Å². The average Bonchev–Trinajstić information content (AvgIpc) is 2.38. The molecule has 0 fully saturated rings. The third-order valence-corrected chi connectivity index (χ3v) is 2.99. The van der Waals surface area contributed by atoms with Crippen molar-refractivity contribution in [1.29, 1.82) is 0 Å². The Labute approximate surface area is 109 Å². The smallest absolute Gasteiger partial charge is 0.326 e. The molecular formula is C13H13NO5. The molecule has 6 heteroatoms. The Bertz CT molecular complexity index is 540. The fraction of sp³-hybridized carbons (Fsp3) is 0.308. The molecule has 1 aliphatic rings. The molecule has 1 N–H and O–H groups in total. The largest absolute Gasteiger partial charge is 0.481 e. The number of carbonyl (C=O) groups is 3. The first kappa shape index (κ1) is 13.1. The Hall–Kier alpha value is -2.37. The number of carboxylic acids is 1. The predicted octanol–water partition coefficient (Wildman–Crippen LogP) is 0.626. The van der Waals surface area contributed by atoms with Crippen molar-refractivity contribution in [2.45, 2.75) is 19.4 Å². The number of amides is 1. The Kier molecular flexibility index (Phi) is 3.50. The van der Waals surface area contributed by atoms with Gasteiger partial charge in [0.1, 0.15) is 18.1 Å². The number of fused-ring (bicyclic) bond motifs is 1. The highest BCUT2D eigenvalue weighted by molar-refractivity contribution is 6.02. The molecule has 0 aromatic heterocycles. The Morgan fingerprint density at radius 2 is 2.32 bits per heavy atom. The number of aliphatic carboxylic acids is 1. The summed E-state index contributed by atoms with van der Waals surface area (Å²) in [5.74, 6) is -1.10. The lowest BCUT2D eigenvalue weighted by atomic mass is 10.1. The minimum atomic E-state index is -1.10. The fourth-order valence-electron chi connectivity index (χ4n) is 2.05. The zero-order valence-corrected chi connectivity index (χ0v) is 10.3. The molecule has 0 spiro atoms. The maximum absolute atomic E-state index is 11.8. The van der Waals surface area contributed by atoms with Gasteiger partial charge in [0.05, 0.1) is 5.69 Å². The minimum Gasteiger partial charge on any atom is -0.481 e. The van der Waals surface area contributed by atoms with E-state index in [0.717, 1.165) is 6.29 Å². The molecule has 19 heavy (non-hydrogen) atoms. The zero-order valence-electron chi connectivity index (χ0n) is 10.3. The van der Waals surface area contributed by atoms with Gasteiger partial charge in [-0.2, -0.15) is 0 Å². The first-order valence-corrected chi connectivity index (χ1v) is 5.79. The standard InChI is InChI=1S/C13H13NO5/c1-8(13(17)18)14-10-4-2-3-9(5-6-15)12(10)19-7-11(14)16/h2-4,6,8H,5,7H2,1H3,(H,17,18). The number of carboxylic acid groups (broad SMARTS) is 1. The van der Waals surface area contributed by atoms with Gasteiger partial charge >= 0.3 is 5.97 Å². The van der Waals surface area contributed by atoms with Crippen LogP contribution in [0.2, 0.25) is 0 Å². The van der Waals surface area contributed by atoms with Crippen LogP contribution in [-0.2, 0) is 20.8 Å². The lowest BCUT2D eigenvalue weighted by Gasteiger charge is -2.32. The topological polar surface area (TPSA) is 83.9 Å². The summed E-state index contributed by atoms with van der Waals surface area (Å²) in [7, 11) is 0. The molecule has 1 amide bonds. The van der Waals surface area contributed by atoms with E-state index in [0.29, 0.717) is 17.0 Å². The molecular weight excluding hydrogens is 250 g/mol. The molecule has 0 aliphatic carbocycles. The molecule has 1 heterocycles. The second-order valence-corrected chi connectivity index (χ2v) is 4.20. The van der Waals surface area contributed by atoms with Gasteiger partial charge < -0.3 is 14.6 Å². The summed E-state index contributed by atoms with van der Waals surface area (Å²) in [5, 5.41) is 9.06. The average molecular weight is 263 g/mol. The molecule has 0 radical (unpaired) electrons. The lowest BCUT2D eigenvalue weighted by Crippen LogP contribution is -2.48. The zero-order chi connectivity index (χ0) is 14.0.